The maximum Gasteiger partial charge on any atom is 0.166 e. The predicted molar refractivity (Wildman–Crippen MR) is 60.8 cm³/mol. The van der Waals surface area contributed by atoms with Crippen molar-refractivity contribution < 1.29 is 13.5 Å². The largest absolute Gasteiger partial charge is 0.454 e. The fourth-order valence-corrected chi connectivity index (χ4v) is 1.41. The number of rotatable bonds is 3. The van der Waals surface area contributed by atoms with Gasteiger partial charge in [-0.1, -0.05) is 12.1 Å². The summed E-state index contributed by atoms with van der Waals surface area (Å²) in [5.74, 6) is -0.643. The van der Waals surface area contributed by atoms with Crippen molar-refractivity contribution in [2.24, 2.45) is 5.73 Å². The first-order valence-corrected chi connectivity index (χ1v) is 5.11. The van der Waals surface area contributed by atoms with Gasteiger partial charge >= 0.3 is 0 Å². The molecular weight excluding hydrogens is 224 g/mol. The summed E-state index contributed by atoms with van der Waals surface area (Å²) in [6.45, 7) is 0.261. The van der Waals surface area contributed by atoms with E-state index in [0.717, 1.165) is 0 Å². The van der Waals surface area contributed by atoms with E-state index in [9.17, 15) is 8.78 Å². The maximum absolute atomic E-state index is 13.5. The Morgan fingerprint density at radius 2 is 1.88 bits per heavy atom. The highest BCUT2D eigenvalue weighted by Gasteiger charge is 2.06. The molecule has 0 aliphatic heterocycles. The van der Waals surface area contributed by atoms with Crippen LogP contribution in [0.2, 0.25) is 0 Å². The zero-order chi connectivity index (χ0) is 12.3. The molecule has 0 fully saturated rings. The minimum atomic E-state index is -0.516. The molecule has 2 nitrogen and oxygen atoms in total. The Morgan fingerprint density at radius 3 is 2.53 bits per heavy atom. The molecule has 4 heteroatoms. The lowest BCUT2D eigenvalue weighted by atomic mass is 10.2. The van der Waals surface area contributed by atoms with E-state index in [1.54, 1.807) is 12.1 Å². The summed E-state index contributed by atoms with van der Waals surface area (Å²) >= 11 is 0. The number of halogens is 2. The van der Waals surface area contributed by atoms with Gasteiger partial charge in [-0.2, -0.15) is 0 Å². The van der Waals surface area contributed by atoms with Gasteiger partial charge in [0.15, 0.2) is 11.6 Å². The van der Waals surface area contributed by atoms with Crippen LogP contribution < -0.4 is 10.5 Å². The highest BCUT2D eigenvalue weighted by Crippen LogP contribution is 2.25. The summed E-state index contributed by atoms with van der Waals surface area (Å²) in [6, 6.07) is 9.97. The normalized spacial score (nSPS) is 10.3. The van der Waals surface area contributed by atoms with Crippen LogP contribution in [0, 0.1) is 11.6 Å². The third-order valence-electron chi connectivity index (χ3n) is 2.26. The van der Waals surface area contributed by atoms with Crippen LogP contribution in [-0.2, 0) is 6.54 Å². The van der Waals surface area contributed by atoms with Crippen LogP contribution in [0.1, 0.15) is 5.56 Å². The molecule has 2 aromatic carbocycles. The summed E-state index contributed by atoms with van der Waals surface area (Å²) in [5.41, 5.74) is 6.06. The first kappa shape index (κ1) is 11.5. The average molecular weight is 235 g/mol. The average Bonchev–Trinajstić information content (AvgIpc) is 2.32. The molecule has 0 radical (unpaired) electrons. The zero-order valence-electron chi connectivity index (χ0n) is 8.99. The van der Waals surface area contributed by atoms with Crippen LogP contribution in [0.4, 0.5) is 8.78 Å². The number of benzene rings is 2. The summed E-state index contributed by atoms with van der Waals surface area (Å²) in [5, 5.41) is 0. The van der Waals surface area contributed by atoms with E-state index in [0.29, 0.717) is 5.56 Å². The monoisotopic (exact) mass is 235 g/mol. The quantitative estimate of drug-likeness (QED) is 0.886. The summed E-state index contributed by atoms with van der Waals surface area (Å²) in [7, 11) is 0. The molecule has 0 saturated carbocycles. The number of hydrogen-bond acceptors (Lipinski definition) is 2. The van der Waals surface area contributed by atoms with Crippen LogP contribution >= 0.6 is 0 Å². The van der Waals surface area contributed by atoms with Gasteiger partial charge in [-0.05, 0) is 29.8 Å². The van der Waals surface area contributed by atoms with Crippen LogP contribution in [0.15, 0.2) is 42.5 Å². The van der Waals surface area contributed by atoms with Crippen molar-refractivity contribution in [3.8, 4) is 11.5 Å². The summed E-state index contributed by atoms with van der Waals surface area (Å²) < 4.78 is 31.7. The van der Waals surface area contributed by atoms with E-state index in [2.05, 4.69) is 0 Å². The van der Waals surface area contributed by atoms with Gasteiger partial charge in [-0.3, -0.25) is 0 Å². The lowest BCUT2D eigenvalue weighted by molar-refractivity contribution is 0.438. The highest BCUT2D eigenvalue weighted by molar-refractivity contribution is 5.34. The van der Waals surface area contributed by atoms with Gasteiger partial charge in [0.2, 0.25) is 0 Å². The van der Waals surface area contributed by atoms with E-state index >= 15 is 0 Å². The van der Waals surface area contributed by atoms with Gasteiger partial charge < -0.3 is 10.5 Å². The smallest absolute Gasteiger partial charge is 0.166 e. The molecule has 0 atom stereocenters. The van der Waals surface area contributed by atoms with Gasteiger partial charge in [0.25, 0.3) is 0 Å². The van der Waals surface area contributed by atoms with E-state index in [1.165, 1.54) is 30.3 Å². The van der Waals surface area contributed by atoms with Crippen molar-refractivity contribution in [3.05, 3.63) is 59.7 Å². The van der Waals surface area contributed by atoms with Gasteiger partial charge in [0, 0.05) is 12.6 Å². The lowest BCUT2D eigenvalue weighted by Crippen LogP contribution is -1.97. The summed E-state index contributed by atoms with van der Waals surface area (Å²) in [4.78, 5) is 0. The molecule has 0 aliphatic rings. The summed E-state index contributed by atoms with van der Waals surface area (Å²) in [6.07, 6.45) is 0. The van der Waals surface area contributed by atoms with Crippen LogP contribution in [0.3, 0.4) is 0 Å². The number of ether oxygens (including phenoxy) is 1. The second kappa shape index (κ2) is 4.93. The molecule has 0 aliphatic carbocycles. The first-order valence-electron chi connectivity index (χ1n) is 5.11. The van der Waals surface area contributed by atoms with Crippen molar-refractivity contribution in [1.29, 1.82) is 0 Å². The number of nitrogens with two attached hydrogens (primary N) is 1. The van der Waals surface area contributed by atoms with Crippen molar-refractivity contribution in [3.63, 3.8) is 0 Å². The molecule has 0 unspecified atom stereocenters. The van der Waals surface area contributed by atoms with Crippen molar-refractivity contribution in [1.82, 2.24) is 0 Å². The Labute approximate surface area is 97.6 Å². The minimum Gasteiger partial charge on any atom is -0.454 e. The SMILES string of the molecule is NCc1ccc(Oc2cccc(F)c2)c(F)c1. The van der Waals surface area contributed by atoms with E-state index in [4.69, 9.17) is 10.5 Å². The highest BCUT2D eigenvalue weighted by atomic mass is 19.1. The van der Waals surface area contributed by atoms with Crippen LogP contribution in [0.25, 0.3) is 0 Å². The van der Waals surface area contributed by atoms with E-state index in [-0.39, 0.29) is 18.0 Å². The van der Waals surface area contributed by atoms with Crippen molar-refractivity contribution in [2.45, 2.75) is 6.54 Å². The van der Waals surface area contributed by atoms with Crippen molar-refractivity contribution >= 4 is 0 Å². The number of hydrogen-bond donors (Lipinski definition) is 1. The third-order valence-corrected chi connectivity index (χ3v) is 2.26. The Morgan fingerprint density at radius 1 is 1.06 bits per heavy atom. The van der Waals surface area contributed by atoms with Gasteiger partial charge in [-0.25, -0.2) is 8.78 Å². The van der Waals surface area contributed by atoms with E-state index < -0.39 is 11.6 Å². The molecule has 0 aromatic heterocycles. The Balaban J connectivity index is 2.24. The van der Waals surface area contributed by atoms with E-state index in [1.807, 2.05) is 0 Å². The first-order chi connectivity index (χ1) is 8.19. The molecular formula is C13H11F2NO. The molecule has 0 spiro atoms. The molecule has 0 bridgehead atoms. The van der Waals surface area contributed by atoms with Gasteiger partial charge in [0.1, 0.15) is 11.6 Å². The van der Waals surface area contributed by atoms with Gasteiger partial charge in [0.05, 0.1) is 0 Å². The molecule has 88 valence electrons. The second-order valence-corrected chi connectivity index (χ2v) is 3.53. The van der Waals surface area contributed by atoms with Crippen LogP contribution in [0.5, 0.6) is 11.5 Å². The Kier molecular flexibility index (Phi) is 3.35. The fourth-order valence-electron chi connectivity index (χ4n) is 1.41. The Bertz CT molecular complexity index is 529. The Hall–Kier alpha value is -1.94. The van der Waals surface area contributed by atoms with Crippen LogP contribution in [-0.4, -0.2) is 0 Å². The van der Waals surface area contributed by atoms with Crippen molar-refractivity contribution in [2.75, 3.05) is 0 Å². The molecule has 2 aromatic rings. The standard InChI is InChI=1S/C13H11F2NO/c14-10-2-1-3-11(7-10)17-13-5-4-9(8-16)6-12(13)15/h1-7H,8,16H2. The molecule has 0 amide bonds. The minimum absolute atomic E-state index is 0.0489. The molecule has 17 heavy (non-hydrogen) atoms. The topological polar surface area (TPSA) is 35.2 Å². The second-order valence-electron chi connectivity index (χ2n) is 3.53. The molecule has 2 rings (SSSR count). The third kappa shape index (κ3) is 2.79. The molecule has 0 saturated heterocycles. The fraction of sp³-hybridized carbons (Fsp3) is 0.0769. The lowest BCUT2D eigenvalue weighted by Gasteiger charge is -2.07. The molecule has 0 heterocycles. The predicted octanol–water partition coefficient (Wildman–Crippen LogP) is 3.22. The maximum atomic E-state index is 13.5. The van der Waals surface area contributed by atoms with Gasteiger partial charge in [-0.15, -0.1) is 0 Å². The zero-order valence-corrected chi connectivity index (χ0v) is 8.99. The molecule has 2 N–H and O–H groups in total.